The van der Waals surface area contributed by atoms with Gasteiger partial charge >= 0.3 is 17.9 Å². The lowest BCUT2D eigenvalue weighted by Crippen LogP contribution is -2.62. The molecule has 1 fully saturated rings. The van der Waals surface area contributed by atoms with Crippen molar-refractivity contribution in [1.82, 2.24) is 0 Å². The number of aliphatic hydroxyl groups excluding tert-OH is 1. The van der Waals surface area contributed by atoms with Gasteiger partial charge in [-0.3, -0.25) is 0 Å². The van der Waals surface area contributed by atoms with Crippen molar-refractivity contribution < 1.29 is 43.2 Å². The summed E-state index contributed by atoms with van der Waals surface area (Å²) in [5.74, 6) is -2.47. The molecule has 1 N–H and O–H groups in total. The van der Waals surface area contributed by atoms with Crippen LogP contribution in [0.15, 0.2) is 60.7 Å². The molecule has 0 bridgehead atoms. The van der Waals surface area contributed by atoms with Crippen molar-refractivity contribution in [2.24, 2.45) is 0 Å². The van der Waals surface area contributed by atoms with E-state index in [2.05, 4.69) is 0 Å². The van der Waals surface area contributed by atoms with Gasteiger partial charge in [-0.1, -0.05) is 36.4 Å². The lowest BCUT2D eigenvalue weighted by Gasteiger charge is -2.41. The number of rotatable bonds is 6. The van der Waals surface area contributed by atoms with E-state index in [1.807, 2.05) is 0 Å². The largest absolute Gasteiger partial charge is 0.467 e. The molecule has 0 spiro atoms. The number of benzene rings is 2. The lowest BCUT2D eigenvalue weighted by molar-refractivity contribution is -0.286. The summed E-state index contributed by atoms with van der Waals surface area (Å²) in [5, 5.41) is 10.7. The van der Waals surface area contributed by atoms with E-state index in [1.54, 1.807) is 36.4 Å². The number of hydrogen-bond donors (Lipinski definition) is 1. The maximum atomic E-state index is 12.6. The molecule has 0 saturated carbocycles. The second-order valence-electron chi connectivity index (χ2n) is 6.65. The van der Waals surface area contributed by atoms with Crippen molar-refractivity contribution in [1.29, 1.82) is 0 Å². The minimum atomic E-state index is -1.55. The molecule has 2 aromatic carbocycles. The smallest absolute Gasteiger partial charge is 0.339 e. The van der Waals surface area contributed by atoms with Crippen molar-refractivity contribution in [3.05, 3.63) is 71.8 Å². The van der Waals surface area contributed by atoms with E-state index < -0.39 is 48.6 Å². The molecule has 9 heteroatoms. The van der Waals surface area contributed by atoms with Crippen LogP contribution >= 0.6 is 0 Å². The Balaban J connectivity index is 1.93. The third kappa shape index (κ3) is 5.08. The van der Waals surface area contributed by atoms with Crippen LogP contribution in [-0.2, 0) is 28.5 Å². The molecular weight excluding hydrogens is 408 g/mol. The number of ether oxygens (including phenoxy) is 5. The number of hydrogen-bond acceptors (Lipinski definition) is 9. The lowest BCUT2D eigenvalue weighted by atomic mass is 9.97. The van der Waals surface area contributed by atoms with Crippen molar-refractivity contribution in [3.8, 4) is 0 Å². The fraction of sp³-hybridized carbons (Fsp3) is 0.318. The van der Waals surface area contributed by atoms with Gasteiger partial charge in [-0.15, -0.1) is 0 Å². The van der Waals surface area contributed by atoms with Gasteiger partial charge in [0.05, 0.1) is 18.2 Å². The molecule has 1 heterocycles. The van der Waals surface area contributed by atoms with Gasteiger partial charge in [0, 0.05) is 7.11 Å². The standard InChI is InChI=1S/C22H22O9/c1-27-21(26)18-17(30-20(25)14-11-7-4-8-12-14)16(15(23)22(28-2)31-18)29-19(24)13-9-5-3-6-10-13/h3-12,15-18,22-23H,1-2H3/t15-,16-,17+,18+,22-/m1/s1. The molecule has 9 nitrogen and oxygen atoms in total. The van der Waals surface area contributed by atoms with E-state index >= 15 is 0 Å². The number of methoxy groups -OCH3 is 2. The van der Waals surface area contributed by atoms with Gasteiger partial charge in [0.1, 0.15) is 6.10 Å². The van der Waals surface area contributed by atoms with Crippen molar-refractivity contribution in [2.45, 2.75) is 30.7 Å². The maximum absolute atomic E-state index is 12.6. The highest BCUT2D eigenvalue weighted by Gasteiger charge is 2.53. The fourth-order valence-electron chi connectivity index (χ4n) is 3.12. The summed E-state index contributed by atoms with van der Waals surface area (Å²) in [4.78, 5) is 37.6. The highest BCUT2D eigenvalue weighted by Crippen LogP contribution is 2.29. The molecule has 31 heavy (non-hydrogen) atoms. The van der Waals surface area contributed by atoms with Crippen LogP contribution in [0.1, 0.15) is 20.7 Å². The average Bonchev–Trinajstić information content (AvgIpc) is 2.82. The van der Waals surface area contributed by atoms with Gasteiger partial charge < -0.3 is 28.8 Å². The Bertz CT molecular complexity index is 900. The molecule has 0 unspecified atom stereocenters. The van der Waals surface area contributed by atoms with E-state index in [1.165, 1.54) is 31.4 Å². The van der Waals surface area contributed by atoms with Gasteiger partial charge in [0.2, 0.25) is 0 Å². The predicted molar refractivity (Wildman–Crippen MR) is 105 cm³/mol. The van der Waals surface area contributed by atoms with E-state index in [0.29, 0.717) is 0 Å². The van der Waals surface area contributed by atoms with Gasteiger partial charge in [-0.05, 0) is 24.3 Å². The Morgan fingerprint density at radius 1 is 0.806 bits per heavy atom. The molecule has 1 aliphatic rings. The maximum Gasteiger partial charge on any atom is 0.339 e. The third-order valence-corrected chi connectivity index (χ3v) is 4.69. The summed E-state index contributed by atoms with van der Waals surface area (Å²) in [6.07, 6.45) is -7.34. The molecule has 3 rings (SSSR count). The first kappa shape index (κ1) is 22.4. The zero-order valence-corrected chi connectivity index (χ0v) is 16.9. The normalized spacial score (nSPS) is 25.3. The summed E-state index contributed by atoms with van der Waals surface area (Å²) in [7, 11) is 2.37. The molecular formula is C22H22O9. The summed E-state index contributed by atoms with van der Waals surface area (Å²) < 4.78 is 26.2. The molecule has 0 aromatic heterocycles. The predicted octanol–water partition coefficient (Wildman–Crippen LogP) is 1.34. The number of aliphatic hydroxyl groups is 1. The van der Waals surface area contributed by atoms with Crippen LogP contribution in [-0.4, -0.2) is 67.9 Å². The van der Waals surface area contributed by atoms with E-state index in [9.17, 15) is 19.5 Å². The molecule has 2 aromatic rings. The zero-order valence-electron chi connectivity index (χ0n) is 16.9. The topological polar surface area (TPSA) is 118 Å². The fourth-order valence-corrected chi connectivity index (χ4v) is 3.12. The number of carbonyl (C=O) groups is 3. The van der Waals surface area contributed by atoms with Crippen LogP contribution in [0, 0.1) is 0 Å². The first-order chi connectivity index (χ1) is 15.0. The van der Waals surface area contributed by atoms with Crippen LogP contribution < -0.4 is 0 Å². The van der Waals surface area contributed by atoms with Crippen LogP contribution in [0.3, 0.4) is 0 Å². The highest BCUT2D eigenvalue weighted by molar-refractivity contribution is 5.91. The Morgan fingerprint density at radius 3 is 1.74 bits per heavy atom. The SMILES string of the molecule is COC(=O)[C@H]1O[C@@H](OC)[C@H](O)[C@@H](OC(=O)c2ccccc2)[C@@H]1OC(=O)c1ccccc1. The summed E-state index contributed by atoms with van der Waals surface area (Å²) in [5.41, 5.74) is 0.403. The Hall–Kier alpha value is -3.27. The van der Waals surface area contributed by atoms with Crippen LogP contribution in [0.4, 0.5) is 0 Å². The molecule has 5 atom stereocenters. The van der Waals surface area contributed by atoms with Gasteiger partial charge in [0.15, 0.2) is 24.6 Å². The molecule has 0 radical (unpaired) electrons. The summed E-state index contributed by atoms with van der Waals surface area (Å²) in [6, 6.07) is 16.0. The Labute approximate surface area is 178 Å². The molecule has 0 aliphatic carbocycles. The summed E-state index contributed by atoms with van der Waals surface area (Å²) >= 11 is 0. The third-order valence-electron chi connectivity index (χ3n) is 4.69. The van der Waals surface area contributed by atoms with Crippen LogP contribution in [0.2, 0.25) is 0 Å². The average molecular weight is 430 g/mol. The van der Waals surface area contributed by atoms with E-state index in [4.69, 9.17) is 23.7 Å². The second-order valence-corrected chi connectivity index (χ2v) is 6.65. The number of carbonyl (C=O) groups excluding carboxylic acids is 3. The molecule has 1 aliphatic heterocycles. The monoisotopic (exact) mass is 430 g/mol. The summed E-state index contributed by atoms with van der Waals surface area (Å²) in [6.45, 7) is 0. The molecule has 1 saturated heterocycles. The number of esters is 3. The Morgan fingerprint density at radius 2 is 1.29 bits per heavy atom. The molecule has 0 amide bonds. The minimum absolute atomic E-state index is 0.197. The van der Waals surface area contributed by atoms with Gasteiger partial charge in [0.25, 0.3) is 0 Å². The first-order valence-electron chi connectivity index (χ1n) is 9.42. The quantitative estimate of drug-likeness (QED) is 0.535. The van der Waals surface area contributed by atoms with Crippen LogP contribution in [0.5, 0.6) is 0 Å². The van der Waals surface area contributed by atoms with Crippen LogP contribution in [0.25, 0.3) is 0 Å². The van der Waals surface area contributed by atoms with E-state index in [-0.39, 0.29) is 11.1 Å². The Kier molecular flexibility index (Phi) is 7.35. The van der Waals surface area contributed by atoms with Crippen molar-refractivity contribution in [3.63, 3.8) is 0 Å². The van der Waals surface area contributed by atoms with Crippen molar-refractivity contribution in [2.75, 3.05) is 14.2 Å². The molecule has 164 valence electrons. The van der Waals surface area contributed by atoms with Gasteiger partial charge in [-0.25, -0.2) is 14.4 Å². The van der Waals surface area contributed by atoms with Crippen molar-refractivity contribution >= 4 is 17.9 Å². The van der Waals surface area contributed by atoms with E-state index in [0.717, 1.165) is 7.11 Å². The second kappa shape index (κ2) is 10.2. The van der Waals surface area contributed by atoms with Gasteiger partial charge in [-0.2, -0.15) is 0 Å². The highest BCUT2D eigenvalue weighted by atomic mass is 16.7. The zero-order chi connectivity index (χ0) is 22.4. The first-order valence-corrected chi connectivity index (χ1v) is 9.42. The minimum Gasteiger partial charge on any atom is -0.467 e.